The summed E-state index contributed by atoms with van der Waals surface area (Å²) in [6, 6.07) is 4.67. The number of pyridine rings is 1. The van der Waals surface area contributed by atoms with Crippen LogP contribution in [0, 0.1) is 6.92 Å². The molecule has 1 fully saturated rings. The number of aryl methyl sites for hydroxylation is 1. The topological polar surface area (TPSA) is 28.2 Å². The lowest BCUT2D eigenvalue weighted by Gasteiger charge is -2.46. The van der Waals surface area contributed by atoms with Gasteiger partial charge in [-0.25, -0.2) is 0 Å². The minimum atomic E-state index is 0.118. The van der Waals surface area contributed by atoms with Gasteiger partial charge in [-0.15, -0.1) is 0 Å². The molecule has 3 nitrogen and oxygen atoms in total. The molecule has 0 aromatic carbocycles. The maximum Gasteiger partial charge on any atom is 0.0517 e. The van der Waals surface area contributed by atoms with Crippen LogP contribution in [0.1, 0.15) is 57.3 Å². The summed E-state index contributed by atoms with van der Waals surface area (Å²) in [5, 5.41) is 3.67. The van der Waals surface area contributed by atoms with Crippen molar-refractivity contribution in [1.82, 2.24) is 15.2 Å². The number of piperidine rings is 1. The second-order valence-corrected chi connectivity index (χ2v) is 6.42. The lowest BCUT2D eigenvalue weighted by atomic mass is 9.86. The Kier molecular flexibility index (Phi) is 5.17. The Balaban J connectivity index is 2.23. The third kappa shape index (κ3) is 3.39. The van der Waals surface area contributed by atoms with Gasteiger partial charge in [0.25, 0.3) is 0 Å². The molecule has 2 heterocycles. The predicted molar refractivity (Wildman–Crippen MR) is 84.9 cm³/mol. The lowest BCUT2D eigenvalue weighted by Crippen LogP contribution is -2.54. The third-order valence-corrected chi connectivity index (χ3v) is 4.55. The normalized spacial score (nSPS) is 19.0. The number of nitrogens with zero attached hydrogens (tertiary/aromatic N) is 2. The molecule has 1 saturated heterocycles. The summed E-state index contributed by atoms with van der Waals surface area (Å²) >= 11 is 0. The van der Waals surface area contributed by atoms with Crippen LogP contribution < -0.4 is 5.32 Å². The first-order chi connectivity index (χ1) is 9.55. The minimum Gasteiger partial charge on any atom is -0.309 e. The molecule has 0 spiro atoms. The molecule has 0 saturated carbocycles. The molecule has 2 rings (SSSR count). The van der Waals surface area contributed by atoms with Crippen molar-refractivity contribution in [2.75, 3.05) is 19.6 Å². The average molecular weight is 275 g/mol. The molecule has 1 aliphatic rings. The molecule has 1 aliphatic heterocycles. The molecule has 0 radical (unpaired) electrons. The molecule has 1 atom stereocenters. The highest BCUT2D eigenvalue weighted by atomic mass is 15.2. The molecule has 20 heavy (non-hydrogen) atoms. The lowest BCUT2D eigenvalue weighted by molar-refractivity contribution is 0.0612. The summed E-state index contributed by atoms with van der Waals surface area (Å²) in [6.45, 7) is 12.4. The largest absolute Gasteiger partial charge is 0.309 e. The van der Waals surface area contributed by atoms with Crippen LogP contribution in [-0.2, 0) is 0 Å². The summed E-state index contributed by atoms with van der Waals surface area (Å²) in [6.07, 6.45) is 6.07. The van der Waals surface area contributed by atoms with Crippen LogP contribution >= 0.6 is 0 Å². The minimum absolute atomic E-state index is 0.118. The van der Waals surface area contributed by atoms with E-state index in [1.165, 1.54) is 37.9 Å². The highest BCUT2D eigenvalue weighted by molar-refractivity contribution is 5.21. The van der Waals surface area contributed by atoms with Gasteiger partial charge >= 0.3 is 0 Å². The van der Waals surface area contributed by atoms with E-state index in [-0.39, 0.29) is 5.54 Å². The summed E-state index contributed by atoms with van der Waals surface area (Å²) in [5.74, 6) is 0. The van der Waals surface area contributed by atoms with Gasteiger partial charge in [-0.2, -0.15) is 0 Å². The molecular weight excluding hydrogens is 246 g/mol. The number of hydrogen-bond acceptors (Lipinski definition) is 3. The van der Waals surface area contributed by atoms with E-state index < -0.39 is 0 Å². The van der Waals surface area contributed by atoms with E-state index in [0.717, 1.165) is 12.2 Å². The fraction of sp³-hybridized carbons (Fsp3) is 0.706. The second-order valence-electron chi connectivity index (χ2n) is 6.42. The van der Waals surface area contributed by atoms with Gasteiger partial charge in [-0.05, 0) is 64.9 Å². The molecule has 3 heteroatoms. The Morgan fingerprint density at radius 3 is 2.50 bits per heavy atom. The monoisotopic (exact) mass is 275 g/mol. The van der Waals surface area contributed by atoms with Crippen molar-refractivity contribution < 1.29 is 0 Å². The van der Waals surface area contributed by atoms with Gasteiger partial charge in [0, 0.05) is 17.4 Å². The quantitative estimate of drug-likeness (QED) is 0.893. The Morgan fingerprint density at radius 1 is 1.25 bits per heavy atom. The standard InChI is InChI=1S/C17H29N3/c1-5-18-16(15-10-9-14(2)19-13-15)17(3,4)20-11-7-6-8-12-20/h9-10,13,16,18H,5-8,11-12H2,1-4H3. The van der Waals surface area contributed by atoms with E-state index in [9.17, 15) is 0 Å². The Bertz CT molecular complexity index is 405. The average Bonchev–Trinajstić information content (AvgIpc) is 2.47. The smallest absolute Gasteiger partial charge is 0.0517 e. The van der Waals surface area contributed by atoms with E-state index >= 15 is 0 Å². The molecule has 1 unspecified atom stereocenters. The first kappa shape index (κ1) is 15.5. The van der Waals surface area contributed by atoms with Gasteiger partial charge in [0.2, 0.25) is 0 Å². The van der Waals surface area contributed by atoms with Crippen LogP contribution in [0.3, 0.4) is 0 Å². The van der Waals surface area contributed by atoms with Crippen molar-refractivity contribution in [1.29, 1.82) is 0 Å². The van der Waals surface area contributed by atoms with Gasteiger partial charge in [0.1, 0.15) is 0 Å². The fourth-order valence-electron chi connectivity index (χ4n) is 3.28. The van der Waals surface area contributed by atoms with Crippen molar-refractivity contribution >= 4 is 0 Å². The number of likely N-dealkylation sites (tertiary alicyclic amines) is 1. The van der Waals surface area contributed by atoms with E-state index in [2.05, 4.69) is 48.1 Å². The molecular formula is C17H29N3. The number of hydrogen-bond donors (Lipinski definition) is 1. The van der Waals surface area contributed by atoms with Gasteiger partial charge in [0.15, 0.2) is 0 Å². The molecule has 1 N–H and O–H groups in total. The maximum absolute atomic E-state index is 4.48. The van der Waals surface area contributed by atoms with Crippen LogP contribution in [0.4, 0.5) is 0 Å². The van der Waals surface area contributed by atoms with E-state index in [4.69, 9.17) is 0 Å². The number of nitrogens with one attached hydrogen (secondary N) is 1. The third-order valence-electron chi connectivity index (χ3n) is 4.55. The fourth-order valence-corrected chi connectivity index (χ4v) is 3.28. The highest BCUT2D eigenvalue weighted by Crippen LogP contribution is 2.32. The molecule has 1 aromatic heterocycles. The van der Waals surface area contributed by atoms with Crippen molar-refractivity contribution in [3.8, 4) is 0 Å². The summed E-state index contributed by atoms with van der Waals surface area (Å²) in [7, 11) is 0. The Labute approximate surface area is 123 Å². The van der Waals surface area contributed by atoms with Gasteiger partial charge < -0.3 is 5.32 Å². The highest BCUT2D eigenvalue weighted by Gasteiger charge is 2.36. The molecule has 0 aliphatic carbocycles. The number of likely N-dealkylation sites (N-methyl/N-ethyl adjacent to an activating group) is 1. The summed E-state index contributed by atoms with van der Waals surface area (Å²) in [5.41, 5.74) is 2.50. The van der Waals surface area contributed by atoms with Crippen molar-refractivity contribution in [2.24, 2.45) is 0 Å². The zero-order valence-corrected chi connectivity index (χ0v) is 13.4. The zero-order chi connectivity index (χ0) is 14.6. The van der Waals surface area contributed by atoms with Gasteiger partial charge in [-0.1, -0.05) is 19.4 Å². The second kappa shape index (κ2) is 6.68. The van der Waals surface area contributed by atoms with Crippen LogP contribution in [0.5, 0.6) is 0 Å². The molecule has 0 bridgehead atoms. The number of rotatable bonds is 5. The molecule has 112 valence electrons. The van der Waals surface area contributed by atoms with Crippen molar-refractivity contribution in [3.05, 3.63) is 29.6 Å². The van der Waals surface area contributed by atoms with Crippen LogP contribution in [0.2, 0.25) is 0 Å². The van der Waals surface area contributed by atoms with Crippen molar-refractivity contribution in [2.45, 2.75) is 58.5 Å². The molecule has 0 amide bonds. The van der Waals surface area contributed by atoms with Crippen LogP contribution in [0.15, 0.2) is 18.3 Å². The van der Waals surface area contributed by atoms with E-state index in [0.29, 0.717) is 6.04 Å². The molecule has 1 aromatic rings. The van der Waals surface area contributed by atoms with E-state index in [1.54, 1.807) is 0 Å². The van der Waals surface area contributed by atoms with Gasteiger partial charge in [0.05, 0.1) is 6.04 Å². The van der Waals surface area contributed by atoms with Gasteiger partial charge in [-0.3, -0.25) is 9.88 Å². The Morgan fingerprint density at radius 2 is 1.95 bits per heavy atom. The first-order valence-electron chi connectivity index (χ1n) is 7.96. The maximum atomic E-state index is 4.48. The van der Waals surface area contributed by atoms with Crippen molar-refractivity contribution in [3.63, 3.8) is 0 Å². The van der Waals surface area contributed by atoms with Crippen LogP contribution in [0.25, 0.3) is 0 Å². The SMILES string of the molecule is CCNC(c1ccc(C)nc1)C(C)(C)N1CCCCC1. The Hall–Kier alpha value is -0.930. The summed E-state index contributed by atoms with van der Waals surface area (Å²) in [4.78, 5) is 7.12. The summed E-state index contributed by atoms with van der Waals surface area (Å²) < 4.78 is 0. The van der Waals surface area contributed by atoms with E-state index in [1.807, 2.05) is 13.1 Å². The predicted octanol–water partition coefficient (Wildman–Crippen LogP) is 3.31. The van der Waals surface area contributed by atoms with Crippen LogP contribution in [-0.4, -0.2) is 35.1 Å². The first-order valence-corrected chi connectivity index (χ1v) is 7.96. The number of aromatic nitrogens is 1. The zero-order valence-electron chi connectivity index (χ0n) is 13.4.